The van der Waals surface area contributed by atoms with E-state index in [0.717, 1.165) is 72.4 Å². The van der Waals surface area contributed by atoms with Crippen molar-refractivity contribution < 1.29 is 4.42 Å². The second-order valence-electron chi connectivity index (χ2n) is 14.1. The van der Waals surface area contributed by atoms with Crippen LogP contribution in [0.3, 0.4) is 0 Å². The van der Waals surface area contributed by atoms with E-state index in [1.807, 2.05) is 6.07 Å². The third-order valence-corrected chi connectivity index (χ3v) is 10.7. The number of furan rings is 1. The van der Waals surface area contributed by atoms with Crippen molar-refractivity contribution in [3.05, 3.63) is 224 Å². The van der Waals surface area contributed by atoms with E-state index in [1.54, 1.807) is 0 Å². The summed E-state index contributed by atoms with van der Waals surface area (Å²) in [5.41, 5.74) is 16.7. The van der Waals surface area contributed by atoms with Crippen molar-refractivity contribution >= 4 is 39.0 Å². The summed E-state index contributed by atoms with van der Waals surface area (Å²) in [7, 11) is 0. The quantitative estimate of drug-likeness (QED) is 0.156. The van der Waals surface area contributed by atoms with Gasteiger partial charge in [-0.3, -0.25) is 0 Å². The zero-order valence-electron chi connectivity index (χ0n) is 30.7. The standard InChI is InChI=1S/C54H37NO/c1-4-12-38(13-5-1)41-26-32-46(33-27-41)55(47-34-28-42(29-35-47)39-14-6-2-7-15-39)48-36-30-43(31-37-48)40-22-24-45(25-23-40)50-19-11-21-52-51-20-10-18-49(53(51)56-54(50)52)44-16-8-3-9-17-44/h1-37H. The van der Waals surface area contributed by atoms with E-state index in [-0.39, 0.29) is 0 Å². The summed E-state index contributed by atoms with van der Waals surface area (Å²) in [6, 6.07) is 79.8. The first-order chi connectivity index (χ1) is 27.8. The highest BCUT2D eigenvalue weighted by molar-refractivity contribution is 6.13. The van der Waals surface area contributed by atoms with Gasteiger partial charge in [0.1, 0.15) is 11.2 Å². The lowest BCUT2D eigenvalue weighted by molar-refractivity contribution is 0.671. The highest BCUT2D eigenvalue weighted by Crippen LogP contribution is 2.41. The van der Waals surface area contributed by atoms with Crippen molar-refractivity contribution in [3.8, 4) is 55.6 Å². The summed E-state index contributed by atoms with van der Waals surface area (Å²) in [5, 5.41) is 2.26. The van der Waals surface area contributed by atoms with Crippen molar-refractivity contribution in [2.24, 2.45) is 0 Å². The van der Waals surface area contributed by atoms with E-state index < -0.39 is 0 Å². The molecule has 0 atom stereocenters. The minimum Gasteiger partial charge on any atom is -0.455 e. The van der Waals surface area contributed by atoms with Gasteiger partial charge in [0.2, 0.25) is 0 Å². The summed E-state index contributed by atoms with van der Waals surface area (Å²) in [6.07, 6.45) is 0. The Labute approximate surface area is 327 Å². The molecule has 0 fully saturated rings. The predicted molar refractivity (Wildman–Crippen MR) is 236 cm³/mol. The third kappa shape index (κ3) is 6.24. The van der Waals surface area contributed by atoms with Gasteiger partial charge in [-0.05, 0) is 80.9 Å². The normalized spacial score (nSPS) is 11.2. The molecule has 0 saturated heterocycles. The maximum absolute atomic E-state index is 6.70. The van der Waals surface area contributed by atoms with E-state index in [9.17, 15) is 0 Å². The maximum Gasteiger partial charge on any atom is 0.143 e. The third-order valence-electron chi connectivity index (χ3n) is 10.7. The highest BCUT2D eigenvalue weighted by atomic mass is 16.3. The number of benzene rings is 9. The number of nitrogens with zero attached hydrogens (tertiary/aromatic N) is 1. The molecule has 0 unspecified atom stereocenters. The van der Waals surface area contributed by atoms with Gasteiger partial charge in [-0.1, -0.05) is 188 Å². The number of hydrogen-bond acceptors (Lipinski definition) is 2. The van der Waals surface area contributed by atoms with Gasteiger partial charge in [0.25, 0.3) is 0 Å². The first-order valence-corrected chi connectivity index (χ1v) is 19.1. The Kier molecular flexibility index (Phi) is 8.55. The molecule has 10 rings (SSSR count). The highest BCUT2D eigenvalue weighted by Gasteiger charge is 2.17. The monoisotopic (exact) mass is 715 g/mol. The van der Waals surface area contributed by atoms with Gasteiger partial charge in [-0.15, -0.1) is 0 Å². The van der Waals surface area contributed by atoms with Crippen LogP contribution in [0.1, 0.15) is 0 Å². The topological polar surface area (TPSA) is 16.4 Å². The fraction of sp³-hybridized carbons (Fsp3) is 0. The van der Waals surface area contributed by atoms with Gasteiger partial charge < -0.3 is 9.32 Å². The molecule has 0 N–H and O–H groups in total. The smallest absolute Gasteiger partial charge is 0.143 e. The number of fused-ring (bicyclic) bond motifs is 3. The zero-order chi connectivity index (χ0) is 37.3. The molecule has 0 aliphatic carbocycles. The molecule has 1 heterocycles. The fourth-order valence-corrected chi connectivity index (χ4v) is 7.85. The number of hydrogen-bond donors (Lipinski definition) is 0. The van der Waals surface area contributed by atoms with Crippen LogP contribution in [0.4, 0.5) is 17.1 Å². The number of rotatable bonds is 8. The summed E-state index contributed by atoms with van der Waals surface area (Å²) in [4.78, 5) is 2.33. The molecular weight excluding hydrogens is 679 g/mol. The first kappa shape index (κ1) is 33.2. The second kappa shape index (κ2) is 14.4. The van der Waals surface area contributed by atoms with Crippen molar-refractivity contribution in [1.82, 2.24) is 0 Å². The molecule has 0 aliphatic rings. The molecular formula is C54H37NO. The Hall–Kier alpha value is -7.42. The van der Waals surface area contributed by atoms with Crippen LogP contribution in [0.5, 0.6) is 0 Å². The SMILES string of the molecule is c1ccc(-c2ccc(N(c3ccc(-c4ccccc4)cc3)c3ccc(-c4ccc(-c5cccc6c5oc5c(-c7ccccc7)cccc56)cc4)cc3)cc2)cc1. The number of para-hydroxylation sites is 2. The van der Waals surface area contributed by atoms with Gasteiger partial charge in [-0.25, -0.2) is 0 Å². The molecule has 10 aromatic rings. The molecule has 264 valence electrons. The van der Waals surface area contributed by atoms with Gasteiger partial charge in [0.15, 0.2) is 0 Å². The molecule has 2 nitrogen and oxygen atoms in total. The second-order valence-corrected chi connectivity index (χ2v) is 14.1. The molecule has 1 aromatic heterocycles. The largest absolute Gasteiger partial charge is 0.455 e. The summed E-state index contributed by atoms with van der Waals surface area (Å²) < 4.78 is 6.70. The fourth-order valence-electron chi connectivity index (χ4n) is 7.85. The van der Waals surface area contributed by atoms with Gasteiger partial charge >= 0.3 is 0 Å². The Morgan fingerprint density at radius 2 is 0.518 bits per heavy atom. The number of anilines is 3. The van der Waals surface area contributed by atoms with Crippen molar-refractivity contribution in [1.29, 1.82) is 0 Å². The van der Waals surface area contributed by atoms with Gasteiger partial charge in [0.05, 0.1) is 0 Å². The molecule has 56 heavy (non-hydrogen) atoms. The summed E-state index contributed by atoms with van der Waals surface area (Å²) in [5.74, 6) is 0. The van der Waals surface area contributed by atoms with Crippen LogP contribution >= 0.6 is 0 Å². The van der Waals surface area contributed by atoms with E-state index in [1.165, 1.54) is 22.3 Å². The van der Waals surface area contributed by atoms with Crippen molar-refractivity contribution in [3.63, 3.8) is 0 Å². The predicted octanol–water partition coefficient (Wildman–Crippen LogP) is 15.4. The lowest BCUT2D eigenvalue weighted by atomic mass is 9.98. The van der Waals surface area contributed by atoms with E-state index >= 15 is 0 Å². The molecule has 0 aliphatic heterocycles. The summed E-state index contributed by atoms with van der Waals surface area (Å²) in [6.45, 7) is 0. The van der Waals surface area contributed by atoms with Crippen molar-refractivity contribution in [2.45, 2.75) is 0 Å². The lowest BCUT2D eigenvalue weighted by Gasteiger charge is -2.26. The first-order valence-electron chi connectivity index (χ1n) is 19.1. The molecule has 9 aromatic carbocycles. The molecule has 0 amide bonds. The Morgan fingerprint density at radius 3 is 0.893 bits per heavy atom. The van der Waals surface area contributed by atoms with E-state index in [0.29, 0.717) is 0 Å². The van der Waals surface area contributed by atoms with Crippen LogP contribution < -0.4 is 4.90 Å². The minimum atomic E-state index is 0.914. The van der Waals surface area contributed by atoms with E-state index in [2.05, 4.69) is 223 Å². The summed E-state index contributed by atoms with van der Waals surface area (Å²) >= 11 is 0. The van der Waals surface area contributed by atoms with Gasteiger partial charge in [-0.2, -0.15) is 0 Å². The zero-order valence-corrected chi connectivity index (χ0v) is 30.7. The average molecular weight is 716 g/mol. The molecule has 0 saturated carbocycles. The molecule has 0 radical (unpaired) electrons. The van der Waals surface area contributed by atoms with Crippen LogP contribution in [0.2, 0.25) is 0 Å². The minimum absolute atomic E-state index is 0.914. The van der Waals surface area contributed by atoms with Gasteiger partial charge in [0, 0.05) is 39.0 Å². The molecule has 2 heteroatoms. The Morgan fingerprint density at radius 1 is 0.232 bits per heavy atom. The lowest BCUT2D eigenvalue weighted by Crippen LogP contribution is -2.09. The van der Waals surface area contributed by atoms with Crippen LogP contribution in [-0.4, -0.2) is 0 Å². The molecule has 0 bridgehead atoms. The molecule has 0 spiro atoms. The van der Waals surface area contributed by atoms with Crippen LogP contribution in [0.25, 0.3) is 77.6 Å². The maximum atomic E-state index is 6.70. The van der Waals surface area contributed by atoms with Crippen LogP contribution in [0.15, 0.2) is 229 Å². The average Bonchev–Trinajstić information content (AvgIpc) is 3.68. The van der Waals surface area contributed by atoms with Crippen LogP contribution in [-0.2, 0) is 0 Å². The Bertz CT molecular complexity index is 2810. The Balaban J connectivity index is 0.969. The van der Waals surface area contributed by atoms with E-state index in [4.69, 9.17) is 4.42 Å². The van der Waals surface area contributed by atoms with Crippen LogP contribution in [0, 0.1) is 0 Å². The van der Waals surface area contributed by atoms with Crippen molar-refractivity contribution in [2.75, 3.05) is 4.90 Å².